The molecule has 0 N–H and O–H groups in total. The van der Waals surface area contributed by atoms with Crippen molar-refractivity contribution in [1.29, 1.82) is 5.26 Å². The van der Waals surface area contributed by atoms with Gasteiger partial charge in [-0.15, -0.1) is 0 Å². The van der Waals surface area contributed by atoms with E-state index in [0.717, 1.165) is 6.54 Å². The monoisotopic (exact) mass is 226 g/mol. The van der Waals surface area contributed by atoms with Crippen LogP contribution in [-0.4, -0.2) is 49.8 Å². The number of methoxy groups -OCH3 is 1. The summed E-state index contributed by atoms with van der Waals surface area (Å²) >= 11 is 0. The van der Waals surface area contributed by atoms with Crippen molar-refractivity contribution in [2.75, 3.05) is 26.8 Å². The average molecular weight is 226 g/mol. The lowest BCUT2D eigenvalue weighted by molar-refractivity contribution is -0.148. The number of hydrogen-bond donors (Lipinski definition) is 0. The van der Waals surface area contributed by atoms with Crippen molar-refractivity contribution in [1.82, 2.24) is 4.90 Å². The highest BCUT2D eigenvalue weighted by Crippen LogP contribution is 2.16. The van der Waals surface area contributed by atoms with E-state index >= 15 is 0 Å². The van der Waals surface area contributed by atoms with Crippen LogP contribution in [0, 0.1) is 17.2 Å². The van der Waals surface area contributed by atoms with Crippen molar-refractivity contribution in [2.24, 2.45) is 5.92 Å². The fourth-order valence-corrected chi connectivity index (χ4v) is 1.82. The van der Waals surface area contributed by atoms with Gasteiger partial charge in [0.1, 0.15) is 0 Å². The second-order valence-corrected chi connectivity index (χ2v) is 4.04. The molecule has 0 spiro atoms. The molecular formula is C11H18N2O3. The summed E-state index contributed by atoms with van der Waals surface area (Å²) in [6.07, 6.45) is -0.388. The van der Waals surface area contributed by atoms with Crippen LogP contribution in [0.25, 0.3) is 0 Å². The lowest BCUT2D eigenvalue weighted by atomic mass is 10.0. The van der Waals surface area contributed by atoms with Crippen molar-refractivity contribution in [2.45, 2.75) is 26.0 Å². The molecule has 3 atom stereocenters. The first-order valence-electron chi connectivity index (χ1n) is 5.43. The van der Waals surface area contributed by atoms with Crippen LogP contribution in [0.2, 0.25) is 0 Å². The lowest BCUT2D eigenvalue weighted by Gasteiger charge is -2.36. The van der Waals surface area contributed by atoms with Crippen LogP contribution in [0.1, 0.15) is 13.8 Å². The second-order valence-electron chi connectivity index (χ2n) is 4.04. The quantitative estimate of drug-likeness (QED) is 0.652. The Morgan fingerprint density at radius 3 is 2.88 bits per heavy atom. The molecule has 1 heterocycles. The number of rotatable bonds is 3. The van der Waals surface area contributed by atoms with Gasteiger partial charge in [0, 0.05) is 19.1 Å². The van der Waals surface area contributed by atoms with Gasteiger partial charge in [-0.05, 0) is 6.92 Å². The van der Waals surface area contributed by atoms with Gasteiger partial charge in [0.15, 0.2) is 6.10 Å². The maximum absolute atomic E-state index is 11.4. The Hall–Kier alpha value is -1.12. The summed E-state index contributed by atoms with van der Waals surface area (Å²) in [7, 11) is 1.39. The number of esters is 1. The zero-order valence-corrected chi connectivity index (χ0v) is 9.97. The molecule has 5 heteroatoms. The van der Waals surface area contributed by atoms with E-state index in [4.69, 9.17) is 14.7 Å². The maximum Gasteiger partial charge on any atom is 0.309 e. The minimum Gasteiger partial charge on any atom is -0.469 e. The number of morpholine rings is 1. The fraction of sp³-hybridized carbons (Fsp3) is 0.818. The highest BCUT2D eigenvalue weighted by molar-refractivity contribution is 5.72. The Kier molecular flexibility index (Phi) is 4.71. The summed E-state index contributed by atoms with van der Waals surface area (Å²) in [4.78, 5) is 13.5. The zero-order valence-electron chi connectivity index (χ0n) is 9.97. The SMILES string of the molecule is COC(=O)C(C)C(C)N1CCOC(C#N)C1. The third-order valence-corrected chi connectivity index (χ3v) is 3.11. The minimum atomic E-state index is -0.388. The Morgan fingerprint density at radius 1 is 1.62 bits per heavy atom. The van der Waals surface area contributed by atoms with Gasteiger partial charge in [-0.3, -0.25) is 9.69 Å². The smallest absolute Gasteiger partial charge is 0.309 e. The molecule has 0 amide bonds. The van der Waals surface area contributed by atoms with E-state index in [2.05, 4.69) is 11.0 Å². The molecule has 0 aromatic carbocycles. The van der Waals surface area contributed by atoms with Crippen LogP contribution in [0.15, 0.2) is 0 Å². The normalized spacial score (nSPS) is 25.5. The molecule has 0 aliphatic carbocycles. The number of carbonyl (C=O) groups excluding carboxylic acids is 1. The van der Waals surface area contributed by atoms with Gasteiger partial charge in [-0.25, -0.2) is 0 Å². The molecule has 3 unspecified atom stereocenters. The first-order valence-corrected chi connectivity index (χ1v) is 5.43. The van der Waals surface area contributed by atoms with Crippen molar-refractivity contribution in [3.63, 3.8) is 0 Å². The molecule has 1 fully saturated rings. The molecule has 1 aliphatic rings. The van der Waals surface area contributed by atoms with Crippen LogP contribution in [0.5, 0.6) is 0 Å². The Balaban J connectivity index is 2.56. The second kappa shape index (κ2) is 5.83. The summed E-state index contributed by atoms with van der Waals surface area (Å²) in [5, 5.41) is 8.79. The summed E-state index contributed by atoms with van der Waals surface area (Å²) in [5.41, 5.74) is 0. The van der Waals surface area contributed by atoms with E-state index in [-0.39, 0.29) is 24.0 Å². The number of hydrogen-bond acceptors (Lipinski definition) is 5. The molecule has 0 radical (unpaired) electrons. The van der Waals surface area contributed by atoms with E-state index in [1.54, 1.807) is 0 Å². The topological polar surface area (TPSA) is 62.6 Å². The lowest BCUT2D eigenvalue weighted by Crippen LogP contribution is -2.49. The number of nitrogens with zero attached hydrogens (tertiary/aromatic N) is 2. The van der Waals surface area contributed by atoms with Gasteiger partial charge < -0.3 is 9.47 Å². The number of carbonyl (C=O) groups is 1. The molecule has 0 aromatic rings. The van der Waals surface area contributed by atoms with Crippen molar-refractivity contribution < 1.29 is 14.3 Å². The van der Waals surface area contributed by atoms with Crippen molar-refractivity contribution >= 4 is 5.97 Å². The van der Waals surface area contributed by atoms with Crippen molar-refractivity contribution in [3.8, 4) is 6.07 Å². The van der Waals surface area contributed by atoms with Gasteiger partial charge in [-0.1, -0.05) is 6.92 Å². The number of nitriles is 1. The van der Waals surface area contributed by atoms with Crippen LogP contribution < -0.4 is 0 Å². The first kappa shape index (κ1) is 12.9. The minimum absolute atomic E-state index is 0.0622. The molecule has 1 saturated heterocycles. The predicted molar refractivity (Wildman–Crippen MR) is 57.6 cm³/mol. The number of ether oxygens (including phenoxy) is 2. The Morgan fingerprint density at radius 2 is 2.31 bits per heavy atom. The van der Waals surface area contributed by atoms with Gasteiger partial charge in [0.25, 0.3) is 0 Å². The summed E-state index contributed by atoms with van der Waals surface area (Å²) in [6.45, 7) is 5.66. The Bertz CT molecular complexity index is 287. The summed E-state index contributed by atoms with van der Waals surface area (Å²) < 4.78 is 9.97. The molecule has 0 saturated carbocycles. The standard InChI is InChI=1S/C11H18N2O3/c1-8(11(14)15-3)9(2)13-4-5-16-10(6-12)7-13/h8-10H,4-5,7H2,1-3H3. The molecule has 0 bridgehead atoms. The van der Waals surface area contributed by atoms with E-state index in [1.165, 1.54) is 7.11 Å². The summed E-state index contributed by atoms with van der Waals surface area (Å²) in [5.74, 6) is -0.407. The van der Waals surface area contributed by atoms with E-state index in [9.17, 15) is 4.79 Å². The van der Waals surface area contributed by atoms with Crippen molar-refractivity contribution in [3.05, 3.63) is 0 Å². The molecule has 1 rings (SSSR count). The highest BCUT2D eigenvalue weighted by atomic mass is 16.5. The van der Waals surface area contributed by atoms with E-state index in [1.807, 2.05) is 13.8 Å². The summed E-state index contributed by atoms with van der Waals surface area (Å²) in [6, 6.07) is 2.15. The van der Waals surface area contributed by atoms with Crippen LogP contribution in [0.4, 0.5) is 0 Å². The van der Waals surface area contributed by atoms with Gasteiger partial charge in [-0.2, -0.15) is 5.26 Å². The van der Waals surface area contributed by atoms with Gasteiger partial charge >= 0.3 is 5.97 Å². The van der Waals surface area contributed by atoms with Gasteiger partial charge in [0.05, 0.1) is 25.7 Å². The largest absolute Gasteiger partial charge is 0.469 e. The molecule has 90 valence electrons. The highest BCUT2D eigenvalue weighted by Gasteiger charge is 2.30. The van der Waals surface area contributed by atoms with E-state index in [0.29, 0.717) is 13.2 Å². The third kappa shape index (κ3) is 2.94. The average Bonchev–Trinajstić information content (AvgIpc) is 2.36. The first-order chi connectivity index (χ1) is 7.60. The molecule has 5 nitrogen and oxygen atoms in total. The van der Waals surface area contributed by atoms with Gasteiger partial charge in [0.2, 0.25) is 0 Å². The molecule has 16 heavy (non-hydrogen) atoms. The predicted octanol–water partition coefficient (Wildman–Crippen LogP) is 0.408. The zero-order chi connectivity index (χ0) is 12.1. The van der Waals surface area contributed by atoms with Crippen LogP contribution >= 0.6 is 0 Å². The molecule has 1 aliphatic heterocycles. The maximum atomic E-state index is 11.4. The molecular weight excluding hydrogens is 208 g/mol. The van der Waals surface area contributed by atoms with E-state index < -0.39 is 0 Å². The fourth-order valence-electron chi connectivity index (χ4n) is 1.82. The van der Waals surface area contributed by atoms with Crippen LogP contribution in [0.3, 0.4) is 0 Å². The van der Waals surface area contributed by atoms with Crippen LogP contribution in [-0.2, 0) is 14.3 Å². The molecule has 0 aromatic heterocycles. The third-order valence-electron chi connectivity index (χ3n) is 3.11. The Labute approximate surface area is 95.9 Å².